The monoisotopic (exact) mass is 152 g/mol. The lowest BCUT2D eigenvalue weighted by molar-refractivity contribution is 0.434. The summed E-state index contributed by atoms with van der Waals surface area (Å²) in [5, 5.41) is 1.37. The molecule has 10 heavy (non-hydrogen) atoms. The number of benzene rings is 1. The van der Waals surface area contributed by atoms with Gasteiger partial charge in [0, 0.05) is 7.11 Å². The number of hydrogen-bond donors (Lipinski definition) is 0. The van der Waals surface area contributed by atoms with E-state index in [0.717, 1.165) is 0 Å². The van der Waals surface area contributed by atoms with E-state index in [9.17, 15) is 0 Å². The molecule has 0 aliphatic carbocycles. The minimum atomic E-state index is -1.04. The first-order chi connectivity index (χ1) is 4.84. The fraction of sp³-hybridized carbons (Fsp3) is 0.250. The van der Waals surface area contributed by atoms with Crippen LogP contribution in [0.1, 0.15) is 0 Å². The molecule has 0 saturated heterocycles. The van der Waals surface area contributed by atoms with E-state index in [0.29, 0.717) is 0 Å². The zero-order valence-corrected chi connectivity index (χ0v) is 7.53. The Balaban J connectivity index is 2.75. The molecule has 0 bridgehead atoms. The second-order valence-corrected chi connectivity index (χ2v) is 4.71. The first-order valence-electron chi connectivity index (χ1n) is 3.42. The van der Waals surface area contributed by atoms with Crippen molar-refractivity contribution in [3.63, 3.8) is 0 Å². The zero-order chi connectivity index (χ0) is 7.40. The van der Waals surface area contributed by atoms with Gasteiger partial charge in [-0.25, -0.2) is 0 Å². The second kappa shape index (κ2) is 3.54. The van der Waals surface area contributed by atoms with Crippen molar-refractivity contribution < 1.29 is 4.43 Å². The van der Waals surface area contributed by atoms with E-state index in [-0.39, 0.29) is 0 Å². The van der Waals surface area contributed by atoms with Crippen molar-refractivity contribution in [2.45, 2.75) is 6.55 Å². The van der Waals surface area contributed by atoms with Gasteiger partial charge in [0.2, 0.25) is 9.04 Å². The summed E-state index contributed by atoms with van der Waals surface area (Å²) < 4.78 is 5.28. The Morgan fingerprint density at radius 1 is 1.20 bits per heavy atom. The van der Waals surface area contributed by atoms with Crippen LogP contribution in [0, 0.1) is 0 Å². The molecule has 54 valence electrons. The van der Waals surface area contributed by atoms with Gasteiger partial charge >= 0.3 is 0 Å². The Labute approximate surface area is 63.4 Å². The van der Waals surface area contributed by atoms with Crippen LogP contribution in [0.3, 0.4) is 0 Å². The largest absolute Gasteiger partial charge is 0.419 e. The molecule has 0 heterocycles. The summed E-state index contributed by atoms with van der Waals surface area (Å²) >= 11 is 0. The molecule has 0 saturated carbocycles. The second-order valence-electron chi connectivity index (χ2n) is 2.29. The highest BCUT2D eigenvalue weighted by molar-refractivity contribution is 6.66. The summed E-state index contributed by atoms with van der Waals surface area (Å²) in [6, 6.07) is 10.4. The smallest absolute Gasteiger partial charge is 0.204 e. The van der Waals surface area contributed by atoms with Crippen LogP contribution in [0.4, 0.5) is 0 Å². The molecule has 1 aromatic rings. The summed E-state index contributed by atoms with van der Waals surface area (Å²) in [6.45, 7) is 2.18. The molecule has 1 rings (SSSR count). The molecule has 2 heteroatoms. The van der Waals surface area contributed by atoms with Crippen LogP contribution >= 0.6 is 0 Å². The fourth-order valence-corrected chi connectivity index (χ4v) is 1.90. The molecule has 0 aliphatic heterocycles. The van der Waals surface area contributed by atoms with Crippen LogP contribution in [0.25, 0.3) is 0 Å². The maximum Gasteiger partial charge on any atom is 0.204 e. The summed E-state index contributed by atoms with van der Waals surface area (Å²) in [5.74, 6) is 0. The molecule has 0 radical (unpaired) electrons. The maximum absolute atomic E-state index is 5.28. The molecule has 0 N–H and O–H groups in total. The normalized spacial score (nSPS) is 13.0. The third-order valence-corrected chi connectivity index (χ3v) is 3.65. The molecule has 0 fully saturated rings. The highest BCUT2D eigenvalue weighted by Crippen LogP contribution is 1.87. The van der Waals surface area contributed by atoms with Crippen molar-refractivity contribution in [1.29, 1.82) is 0 Å². The standard InChI is InChI=1S/C8H12OSi/c1-9-10(2)8-6-4-3-5-7-8/h3-7,10H,1-2H3. The minimum Gasteiger partial charge on any atom is -0.419 e. The molecule has 1 unspecified atom stereocenters. The Morgan fingerprint density at radius 3 is 2.30 bits per heavy atom. The summed E-state index contributed by atoms with van der Waals surface area (Å²) in [4.78, 5) is 0. The van der Waals surface area contributed by atoms with Crippen molar-refractivity contribution >= 4 is 14.2 Å². The Kier molecular flexibility index (Phi) is 2.65. The van der Waals surface area contributed by atoms with Crippen molar-refractivity contribution in [1.82, 2.24) is 0 Å². The molecule has 0 spiro atoms. The van der Waals surface area contributed by atoms with Crippen LogP contribution in [-0.4, -0.2) is 16.2 Å². The average molecular weight is 152 g/mol. The van der Waals surface area contributed by atoms with E-state index in [4.69, 9.17) is 4.43 Å². The molecular formula is C8H12OSi. The molecule has 1 aromatic carbocycles. The summed E-state index contributed by atoms with van der Waals surface area (Å²) in [6.07, 6.45) is 0. The maximum atomic E-state index is 5.28. The van der Waals surface area contributed by atoms with E-state index >= 15 is 0 Å². The Hall–Kier alpha value is -0.603. The summed E-state index contributed by atoms with van der Waals surface area (Å²) in [5.41, 5.74) is 0. The third-order valence-electron chi connectivity index (χ3n) is 1.62. The predicted molar refractivity (Wildman–Crippen MR) is 46.1 cm³/mol. The van der Waals surface area contributed by atoms with Crippen molar-refractivity contribution in [3.8, 4) is 0 Å². The highest BCUT2D eigenvalue weighted by Gasteiger charge is 2.02. The lowest BCUT2D eigenvalue weighted by Gasteiger charge is -2.05. The zero-order valence-electron chi connectivity index (χ0n) is 6.37. The van der Waals surface area contributed by atoms with Gasteiger partial charge in [0.25, 0.3) is 0 Å². The van der Waals surface area contributed by atoms with E-state index < -0.39 is 9.04 Å². The van der Waals surface area contributed by atoms with Gasteiger partial charge in [-0.05, 0) is 11.7 Å². The molecular weight excluding hydrogens is 140 g/mol. The lowest BCUT2D eigenvalue weighted by atomic mass is 10.4. The van der Waals surface area contributed by atoms with Crippen LogP contribution < -0.4 is 5.19 Å². The Bertz CT molecular complexity index is 186. The molecule has 0 aliphatic rings. The molecule has 0 aromatic heterocycles. The Morgan fingerprint density at radius 2 is 1.80 bits per heavy atom. The number of rotatable bonds is 2. The first-order valence-corrected chi connectivity index (χ1v) is 5.62. The van der Waals surface area contributed by atoms with Crippen LogP contribution in [-0.2, 0) is 4.43 Å². The van der Waals surface area contributed by atoms with Gasteiger partial charge in [0.15, 0.2) is 0 Å². The fourth-order valence-electron chi connectivity index (χ4n) is 0.860. The van der Waals surface area contributed by atoms with E-state index in [1.165, 1.54) is 5.19 Å². The van der Waals surface area contributed by atoms with Gasteiger partial charge in [-0.3, -0.25) is 0 Å². The van der Waals surface area contributed by atoms with E-state index in [2.05, 4.69) is 30.8 Å². The van der Waals surface area contributed by atoms with Crippen LogP contribution in [0.5, 0.6) is 0 Å². The van der Waals surface area contributed by atoms with Gasteiger partial charge in [0.1, 0.15) is 0 Å². The van der Waals surface area contributed by atoms with Crippen molar-refractivity contribution in [2.75, 3.05) is 7.11 Å². The van der Waals surface area contributed by atoms with Gasteiger partial charge in [0.05, 0.1) is 0 Å². The predicted octanol–water partition coefficient (Wildman–Crippen LogP) is 0.894. The molecule has 0 amide bonds. The average Bonchev–Trinajstić information content (AvgIpc) is 2.05. The topological polar surface area (TPSA) is 9.23 Å². The SMILES string of the molecule is CO[SiH](C)c1ccccc1. The minimum absolute atomic E-state index is 1.04. The van der Waals surface area contributed by atoms with Gasteiger partial charge in [-0.1, -0.05) is 30.3 Å². The van der Waals surface area contributed by atoms with Crippen molar-refractivity contribution in [2.24, 2.45) is 0 Å². The highest BCUT2D eigenvalue weighted by atomic mass is 28.3. The quantitative estimate of drug-likeness (QED) is 0.572. The van der Waals surface area contributed by atoms with Gasteiger partial charge in [-0.2, -0.15) is 0 Å². The van der Waals surface area contributed by atoms with Crippen LogP contribution in [0.2, 0.25) is 6.55 Å². The first kappa shape index (κ1) is 7.50. The van der Waals surface area contributed by atoms with E-state index in [1.54, 1.807) is 7.11 Å². The van der Waals surface area contributed by atoms with Crippen molar-refractivity contribution in [3.05, 3.63) is 30.3 Å². The third kappa shape index (κ3) is 1.69. The van der Waals surface area contributed by atoms with Gasteiger partial charge < -0.3 is 4.43 Å². The number of hydrogen-bond acceptors (Lipinski definition) is 1. The van der Waals surface area contributed by atoms with Crippen LogP contribution in [0.15, 0.2) is 30.3 Å². The summed E-state index contributed by atoms with van der Waals surface area (Å²) in [7, 11) is 0.742. The molecule has 1 atom stereocenters. The lowest BCUT2D eigenvalue weighted by Crippen LogP contribution is -2.28. The van der Waals surface area contributed by atoms with Gasteiger partial charge in [-0.15, -0.1) is 0 Å². The van der Waals surface area contributed by atoms with E-state index in [1.807, 2.05) is 6.07 Å². The molecule has 1 nitrogen and oxygen atoms in total.